The lowest BCUT2D eigenvalue weighted by Gasteiger charge is -2.14. The van der Waals surface area contributed by atoms with Crippen molar-refractivity contribution in [2.75, 3.05) is 5.32 Å². The van der Waals surface area contributed by atoms with Crippen molar-refractivity contribution in [2.45, 2.75) is 17.9 Å². The predicted octanol–water partition coefficient (Wildman–Crippen LogP) is 2.31. The number of ether oxygens (including phenoxy) is 1. The van der Waals surface area contributed by atoms with Gasteiger partial charge in [0.2, 0.25) is 10.0 Å². The molecule has 0 bridgehead atoms. The number of carbonyl (C=O) groups excluding carboxylic acids is 2. The van der Waals surface area contributed by atoms with Crippen molar-refractivity contribution in [3.63, 3.8) is 0 Å². The summed E-state index contributed by atoms with van der Waals surface area (Å²) in [5, 5.41) is 7.32. The molecule has 0 unspecified atom stereocenters. The minimum Gasteiger partial charge on any atom is -0.449 e. The SMILES string of the molecule is C[C@@H](OC(=O)c1cc(S(N)(=O)=O)ccc1Cl)C(=O)Nc1cccc(F)c1. The number of halogens is 2. The number of primary sulfonamides is 1. The number of benzene rings is 2. The van der Waals surface area contributed by atoms with Gasteiger partial charge in [-0.3, -0.25) is 4.79 Å². The maximum absolute atomic E-state index is 13.1. The van der Waals surface area contributed by atoms with Crippen LogP contribution in [0, 0.1) is 5.82 Å². The molecule has 0 aromatic heterocycles. The molecule has 138 valence electrons. The van der Waals surface area contributed by atoms with E-state index in [1.54, 1.807) is 0 Å². The van der Waals surface area contributed by atoms with Crippen LogP contribution in [0.3, 0.4) is 0 Å². The molecule has 2 rings (SSSR count). The number of hydrogen-bond acceptors (Lipinski definition) is 5. The van der Waals surface area contributed by atoms with Crippen LogP contribution in [0.25, 0.3) is 0 Å². The van der Waals surface area contributed by atoms with Crippen LogP contribution in [0.5, 0.6) is 0 Å². The van der Waals surface area contributed by atoms with E-state index in [4.69, 9.17) is 21.5 Å². The quantitative estimate of drug-likeness (QED) is 0.747. The number of sulfonamides is 1. The molecule has 0 saturated heterocycles. The zero-order chi connectivity index (χ0) is 19.5. The molecule has 7 nitrogen and oxygen atoms in total. The van der Waals surface area contributed by atoms with Crippen molar-refractivity contribution in [1.82, 2.24) is 0 Å². The van der Waals surface area contributed by atoms with Gasteiger partial charge in [-0.05, 0) is 43.3 Å². The van der Waals surface area contributed by atoms with Crippen molar-refractivity contribution in [2.24, 2.45) is 5.14 Å². The second-order valence-corrected chi connectivity index (χ2v) is 7.20. The van der Waals surface area contributed by atoms with Gasteiger partial charge in [-0.15, -0.1) is 0 Å². The van der Waals surface area contributed by atoms with E-state index in [1.165, 1.54) is 31.2 Å². The third-order valence-electron chi connectivity index (χ3n) is 3.23. The maximum atomic E-state index is 13.1. The average molecular weight is 401 g/mol. The van der Waals surface area contributed by atoms with Crippen LogP contribution in [-0.4, -0.2) is 26.4 Å². The summed E-state index contributed by atoms with van der Waals surface area (Å²) in [6.45, 7) is 1.30. The van der Waals surface area contributed by atoms with Crippen molar-refractivity contribution in [1.29, 1.82) is 0 Å². The van der Waals surface area contributed by atoms with Gasteiger partial charge in [0.1, 0.15) is 5.82 Å². The first-order valence-corrected chi connectivity index (χ1v) is 9.10. The zero-order valence-electron chi connectivity index (χ0n) is 13.4. The molecule has 0 spiro atoms. The molecule has 0 radical (unpaired) electrons. The number of hydrogen-bond donors (Lipinski definition) is 2. The van der Waals surface area contributed by atoms with Gasteiger partial charge in [-0.1, -0.05) is 17.7 Å². The van der Waals surface area contributed by atoms with E-state index in [-0.39, 0.29) is 21.2 Å². The molecule has 2 aromatic rings. The van der Waals surface area contributed by atoms with E-state index in [0.29, 0.717) is 0 Å². The molecule has 10 heteroatoms. The first-order valence-electron chi connectivity index (χ1n) is 7.17. The van der Waals surface area contributed by atoms with Crippen LogP contribution in [0.2, 0.25) is 5.02 Å². The van der Waals surface area contributed by atoms with E-state index in [2.05, 4.69) is 5.32 Å². The Labute approximate surface area is 154 Å². The predicted molar refractivity (Wildman–Crippen MR) is 92.7 cm³/mol. The van der Waals surface area contributed by atoms with Crippen molar-refractivity contribution in [3.05, 3.63) is 58.9 Å². The first kappa shape index (κ1) is 19.8. The number of esters is 1. The Kier molecular flexibility index (Phi) is 5.96. The third kappa shape index (κ3) is 5.01. The first-order chi connectivity index (χ1) is 12.1. The molecule has 0 saturated carbocycles. The molecule has 0 aliphatic rings. The summed E-state index contributed by atoms with van der Waals surface area (Å²) in [7, 11) is -4.05. The number of nitrogens with two attached hydrogens (primary N) is 1. The second-order valence-electron chi connectivity index (χ2n) is 5.23. The Hall–Kier alpha value is -2.49. The van der Waals surface area contributed by atoms with Crippen molar-refractivity contribution < 1.29 is 27.1 Å². The fourth-order valence-electron chi connectivity index (χ4n) is 1.93. The van der Waals surface area contributed by atoms with E-state index >= 15 is 0 Å². The Morgan fingerprint density at radius 1 is 1.23 bits per heavy atom. The molecule has 1 atom stereocenters. The number of carbonyl (C=O) groups is 2. The Morgan fingerprint density at radius 3 is 2.54 bits per heavy atom. The fraction of sp³-hybridized carbons (Fsp3) is 0.125. The smallest absolute Gasteiger partial charge is 0.340 e. The topological polar surface area (TPSA) is 116 Å². The lowest BCUT2D eigenvalue weighted by molar-refractivity contribution is -0.123. The summed E-state index contributed by atoms with van der Waals surface area (Å²) < 4.78 is 40.8. The molecule has 3 N–H and O–H groups in total. The Bertz CT molecular complexity index is 965. The lowest BCUT2D eigenvalue weighted by atomic mass is 10.2. The van der Waals surface area contributed by atoms with Gasteiger partial charge < -0.3 is 10.1 Å². The molecule has 1 amide bonds. The van der Waals surface area contributed by atoms with Gasteiger partial charge in [0.25, 0.3) is 5.91 Å². The highest BCUT2D eigenvalue weighted by Crippen LogP contribution is 2.21. The van der Waals surface area contributed by atoms with Gasteiger partial charge >= 0.3 is 5.97 Å². The highest BCUT2D eigenvalue weighted by atomic mass is 35.5. The second kappa shape index (κ2) is 7.81. The normalized spacial score (nSPS) is 12.3. The number of anilines is 1. The molecule has 26 heavy (non-hydrogen) atoms. The van der Waals surface area contributed by atoms with E-state index in [0.717, 1.165) is 18.2 Å². The largest absolute Gasteiger partial charge is 0.449 e. The minimum absolute atomic E-state index is 0.0693. The van der Waals surface area contributed by atoms with Crippen molar-refractivity contribution >= 4 is 39.2 Å². The molecule has 2 aromatic carbocycles. The highest BCUT2D eigenvalue weighted by molar-refractivity contribution is 7.89. The number of nitrogens with one attached hydrogen (secondary N) is 1. The van der Waals surface area contributed by atoms with E-state index in [9.17, 15) is 22.4 Å². The molecule has 0 heterocycles. The van der Waals surface area contributed by atoms with Crippen LogP contribution in [0.1, 0.15) is 17.3 Å². The van der Waals surface area contributed by atoms with Crippen LogP contribution < -0.4 is 10.5 Å². The molecular formula is C16H14ClFN2O5S. The summed E-state index contributed by atoms with van der Waals surface area (Å²) >= 11 is 5.87. The highest BCUT2D eigenvalue weighted by Gasteiger charge is 2.22. The van der Waals surface area contributed by atoms with Gasteiger partial charge in [0.15, 0.2) is 6.10 Å². The minimum atomic E-state index is -4.05. The van der Waals surface area contributed by atoms with Crippen LogP contribution in [0.4, 0.5) is 10.1 Å². The third-order valence-corrected chi connectivity index (χ3v) is 4.47. The maximum Gasteiger partial charge on any atom is 0.340 e. The van der Waals surface area contributed by atoms with Gasteiger partial charge in [0.05, 0.1) is 15.5 Å². The lowest BCUT2D eigenvalue weighted by Crippen LogP contribution is -2.30. The zero-order valence-corrected chi connectivity index (χ0v) is 15.0. The standard InChI is InChI=1S/C16H14ClFN2O5S/c1-9(15(21)20-11-4-2-3-10(18)7-11)25-16(22)13-8-12(26(19,23)24)5-6-14(13)17/h2-9H,1H3,(H,20,21)(H2,19,23,24)/t9-/m1/s1. The van der Waals surface area contributed by atoms with E-state index in [1.807, 2.05) is 0 Å². The van der Waals surface area contributed by atoms with Crippen LogP contribution in [0.15, 0.2) is 47.4 Å². The van der Waals surface area contributed by atoms with Crippen LogP contribution >= 0.6 is 11.6 Å². The Morgan fingerprint density at radius 2 is 1.92 bits per heavy atom. The molecule has 0 aliphatic carbocycles. The number of rotatable bonds is 5. The van der Waals surface area contributed by atoms with Crippen molar-refractivity contribution in [3.8, 4) is 0 Å². The van der Waals surface area contributed by atoms with E-state index < -0.39 is 33.8 Å². The van der Waals surface area contributed by atoms with Gasteiger partial charge in [-0.25, -0.2) is 22.7 Å². The summed E-state index contributed by atoms with van der Waals surface area (Å²) in [5.41, 5.74) is -0.0734. The summed E-state index contributed by atoms with van der Waals surface area (Å²) in [6, 6.07) is 8.43. The molecule has 0 fully saturated rings. The van der Waals surface area contributed by atoms with Crippen LogP contribution in [-0.2, 0) is 19.6 Å². The molecule has 0 aliphatic heterocycles. The fourth-order valence-corrected chi connectivity index (χ4v) is 2.66. The summed E-state index contributed by atoms with van der Waals surface area (Å²) in [4.78, 5) is 23.9. The summed E-state index contributed by atoms with van der Waals surface area (Å²) in [5.74, 6) is -2.26. The average Bonchev–Trinajstić information content (AvgIpc) is 2.53. The monoisotopic (exact) mass is 400 g/mol. The van der Waals surface area contributed by atoms with Gasteiger partial charge in [-0.2, -0.15) is 0 Å². The molecular weight excluding hydrogens is 387 g/mol. The number of amides is 1. The summed E-state index contributed by atoms with van der Waals surface area (Å²) in [6.07, 6.45) is -1.25. The Balaban J connectivity index is 2.12. The van der Waals surface area contributed by atoms with Gasteiger partial charge in [0, 0.05) is 5.69 Å².